The average molecular weight is 601 g/mol. The van der Waals surface area contributed by atoms with Gasteiger partial charge in [-0.2, -0.15) is 4.37 Å². The van der Waals surface area contributed by atoms with Crippen LogP contribution < -0.4 is 19.7 Å². The first-order valence-electron chi connectivity index (χ1n) is 12.4. The molecule has 1 atom stereocenters. The minimum Gasteiger partial charge on any atom is -0.481 e. The predicted octanol–water partition coefficient (Wildman–Crippen LogP) is 5.05. The topological polar surface area (TPSA) is 123 Å². The number of Topliss-reactive ketones (excluding diaryl/α,β-unsaturated/α-hetero) is 1. The Morgan fingerprint density at radius 1 is 1.21 bits per heavy atom. The molecule has 13 heteroatoms. The molecule has 2 N–H and O–H groups in total. The van der Waals surface area contributed by atoms with Crippen molar-refractivity contribution in [1.82, 2.24) is 14.1 Å². The molecule has 1 saturated heterocycles. The van der Waals surface area contributed by atoms with Crippen LogP contribution in [0.3, 0.4) is 0 Å². The summed E-state index contributed by atoms with van der Waals surface area (Å²) in [4.78, 5) is 26.8. The van der Waals surface area contributed by atoms with Gasteiger partial charge >= 0.3 is 5.97 Å². The van der Waals surface area contributed by atoms with Crippen LogP contribution in [0.5, 0.6) is 11.6 Å². The fourth-order valence-electron chi connectivity index (χ4n) is 3.67. The molecule has 1 aliphatic heterocycles. The van der Waals surface area contributed by atoms with Gasteiger partial charge in [-0.25, -0.2) is 0 Å². The van der Waals surface area contributed by atoms with E-state index in [-0.39, 0.29) is 45.1 Å². The summed E-state index contributed by atoms with van der Waals surface area (Å²) >= 11 is 14.0. The fourth-order valence-corrected chi connectivity index (χ4v) is 4.62. The molecule has 3 rings (SSSR count). The number of morpholine rings is 1. The number of hydrogen-bond donors (Lipinski definition) is 2. The van der Waals surface area contributed by atoms with Crippen molar-refractivity contribution in [3.05, 3.63) is 46.3 Å². The molecule has 2 aromatic rings. The van der Waals surface area contributed by atoms with Gasteiger partial charge in [0.25, 0.3) is 11.7 Å². The Bertz CT molecular complexity index is 1200. The Morgan fingerprint density at radius 2 is 1.90 bits per heavy atom. The summed E-state index contributed by atoms with van der Waals surface area (Å²) < 4.78 is 26.6. The first-order valence-corrected chi connectivity index (χ1v) is 13.9. The number of carbonyl (C=O) groups excluding carboxylic acids is 1. The lowest BCUT2D eigenvalue weighted by molar-refractivity contribution is -0.153. The number of rotatable bonds is 13. The smallest absolute Gasteiger partial charge is 0.311 e. The molecule has 0 amide bonds. The molecular weight excluding hydrogens is 567 g/mol. The van der Waals surface area contributed by atoms with Crippen molar-refractivity contribution in [2.45, 2.75) is 51.9 Å². The Balaban J connectivity index is 2.02. The molecule has 0 spiro atoms. The zero-order chi connectivity index (χ0) is 28.8. The molecule has 0 aliphatic carbocycles. The van der Waals surface area contributed by atoms with E-state index in [4.69, 9.17) is 37.4 Å². The molecule has 10 nitrogen and oxygen atoms in total. The van der Waals surface area contributed by atoms with Gasteiger partial charge in [0.15, 0.2) is 5.78 Å². The number of carbonyl (C=O) groups is 2. The van der Waals surface area contributed by atoms with Gasteiger partial charge in [-0.3, -0.25) is 9.59 Å². The number of carboxylic acids is 1. The second-order valence-corrected chi connectivity index (χ2v) is 11.2. The first kappa shape index (κ1) is 31.1. The monoisotopic (exact) mass is 599 g/mol. The predicted molar refractivity (Wildman–Crippen MR) is 151 cm³/mol. The fraction of sp³-hybridized carbons (Fsp3) is 0.500. The van der Waals surface area contributed by atoms with Crippen molar-refractivity contribution in [1.29, 1.82) is 0 Å². The van der Waals surface area contributed by atoms with Gasteiger partial charge in [-0.1, -0.05) is 36.7 Å². The van der Waals surface area contributed by atoms with Gasteiger partial charge in [0, 0.05) is 30.7 Å². The van der Waals surface area contributed by atoms with E-state index in [1.807, 2.05) is 32.6 Å². The van der Waals surface area contributed by atoms with Crippen LogP contribution in [0.15, 0.2) is 24.3 Å². The van der Waals surface area contributed by atoms with E-state index in [1.165, 1.54) is 12.1 Å². The van der Waals surface area contributed by atoms with E-state index in [0.717, 1.165) is 11.7 Å². The molecular formula is C26H33Cl2N4O6S. The summed E-state index contributed by atoms with van der Waals surface area (Å²) in [6, 6.07) is 2.92. The Labute approximate surface area is 242 Å². The number of aromatic nitrogens is 2. The maximum absolute atomic E-state index is 12.7. The summed E-state index contributed by atoms with van der Waals surface area (Å²) in [5.41, 5.74) is 0.262. The molecule has 2 heterocycles. The third kappa shape index (κ3) is 8.28. The molecule has 213 valence electrons. The molecule has 0 bridgehead atoms. The van der Waals surface area contributed by atoms with E-state index < -0.39 is 18.2 Å². The number of ketones is 1. The normalized spacial score (nSPS) is 15.5. The lowest BCUT2D eigenvalue weighted by atomic mass is 10.0. The maximum atomic E-state index is 12.7. The van der Waals surface area contributed by atoms with Crippen molar-refractivity contribution in [2.24, 2.45) is 0 Å². The third-order valence-corrected chi connectivity index (χ3v) is 7.15. The number of allylic oxidation sites excluding steroid dienone is 1. The second kappa shape index (κ2) is 13.3. The summed E-state index contributed by atoms with van der Waals surface area (Å²) in [5, 5.41) is 13.1. The summed E-state index contributed by atoms with van der Waals surface area (Å²) in [5.74, 6) is -2.79. The summed E-state index contributed by atoms with van der Waals surface area (Å²) in [6.45, 7) is 13.9. The van der Waals surface area contributed by atoms with Gasteiger partial charge in [0.2, 0.25) is 5.82 Å². The highest BCUT2D eigenvalue weighted by molar-refractivity contribution is 6.99. The van der Waals surface area contributed by atoms with Gasteiger partial charge < -0.3 is 29.5 Å². The summed E-state index contributed by atoms with van der Waals surface area (Å²) in [7, 11) is 0. The number of nitrogens with one attached hydrogen (secondary N) is 1. The van der Waals surface area contributed by atoms with E-state index in [0.29, 0.717) is 44.1 Å². The lowest BCUT2D eigenvalue weighted by Gasteiger charge is -2.35. The minimum absolute atomic E-state index is 0.0321. The highest BCUT2D eigenvalue weighted by Crippen LogP contribution is 2.40. The number of benzene rings is 1. The molecule has 1 aromatic heterocycles. The van der Waals surface area contributed by atoms with Crippen LogP contribution in [0, 0.1) is 6.42 Å². The molecule has 39 heavy (non-hydrogen) atoms. The van der Waals surface area contributed by atoms with Crippen LogP contribution in [0.1, 0.15) is 50.9 Å². The van der Waals surface area contributed by atoms with Crippen LogP contribution in [0.2, 0.25) is 10.0 Å². The molecule has 1 fully saturated rings. The van der Waals surface area contributed by atoms with E-state index in [2.05, 4.69) is 20.6 Å². The number of aliphatic carboxylic acids is 1. The number of ether oxygens (including phenoxy) is 3. The van der Waals surface area contributed by atoms with E-state index in [9.17, 15) is 14.7 Å². The van der Waals surface area contributed by atoms with E-state index >= 15 is 0 Å². The number of anilines is 1. The van der Waals surface area contributed by atoms with Crippen LogP contribution in [-0.4, -0.2) is 69.8 Å². The van der Waals surface area contributed by atoms with Crippen LogP contribution >= 0.6 is 34.9 Å². The number of nitrogens with zero attached hydrogens (tertiary/aromatic N) is 3. The second-order valence-electron chi connectivity index (χ2n) is 9.94. The maximum Gasteiger partial charge on any atom is 0.311 e. The Hall–Kier alpha value is -2.44. The van der Waals surface area contributed by atoms with Crippen LogP contribution in [-0.2, 0) is 9.53 Å². The molecule has 1 aliphatic rings. The Morgan fingerprint density at radius 3 is 2.51 bits per heavy atom. The van der Waals surface area contributed by atoms with Crippen LogP contribution in [0.25, 0.3) is 0 Å². The minimum atomic E-state index is -1.87. The quantitative estimate of drug-likeness (QED) is 0.183. The first-order chi connectivity index (χ1) is 18.4. The van der Waals surface area contributed by atoms with Crippen LogP contribution in [0.4, 0.5) is 5.82 Å². The molecule has 1 radical (unpaired) electrons. The third-order valence-electron chi connectivity index (χ3n) is 5.79. The van der Waals surface area contributed by atoms with Gasteiger partial charge in [-0.05, 0) is 44.9 Å². The largest absolute Gasteiger partial charge is 0.481 e. The van der Waals surface area contributed by atoms with Gasteiger partial charge in [0.1, 0.15) is 17.2 Å². The lowest BCUT2D eigenvalue weighted by Crippen LogP contribution is -2.49. The van der Waals surface area contributed by atoms with Crippen molar-refractivity contribution < 1.29 is 28.9 Å². The highest BCUT2D eigenvalue weighted by atomic mass is 35.5. The SMILES string of the molecule is C=C(CC)C(=O)c1ccc(O[C@]([CH]CNC(C)(C)C)(CC(=O)O)Oc2nsnc2N2CCOCC2)c(Cl)c1Cl. The van der Waals surface area contributed by atoms with Crippen molar-refractivity contribution in [2.75, 3.05) is 37.7 Å². The average Bonchev–Trinajstić information content (AvgIpc) is 3.33. The van der Waals surface area contributed by atoms with Gasteiger partial charge in [0.05, 0.1) is 36.4 Å². The number of carboxylic acid groups (broad SMARTS) is 1. The van der Waals surface area contributed by atoms with Crippen molar-refractivity contribution >= 4 is 52.5 Å². The zero-order valence-corrected chi connectivity index (χ0v) is 24.7. The van der Waals surface area contributed by atoms with Gasteiger partial charge in [-0.15, -0.1) is 4.37 Å². The van der Waals surface area contributed by atoms with Crippen molar-refractivity contribution in [3.8, 4) is 11.6 Å². The molecule has 0 saturated carbocycles. The molecule has 1 aromatic carbocycles. The zero-order valence-electron chi connectivity index (χ0n) is 22.4. The van der Waals surface area contributed by atoms with Crippen molar-refractivity contribution in [3.63, 3.8) is 0 Å². The Kier molecular flexibility index (Phi) is 10.6. The number of halogens is 2. The van der Waals surface area contributed by atoms with E-state index in [1.54, 1.807) is 6.42 Å². The standard InChI is InChI=1S/C26H33Cl2N4O6S/c1-6-16(2)22(35)17-7-8-18(21(28)20(17)27)37-26(15-19(33)34,9-10-29-25(3,4)5)38-24-23(30-39-31-24)32-11-13-36-14-12-32/h7-9,29H,2,6,10-15H2,1,3-5H3,(H,33,34)/t26-/m0/s1. The summed E-state index contributed by atoms with van der Waals surface area (Å²) in [6.07, 6.45) is 1.42. The number of hydrogen-bond acceptors (Lipinski definition) is 10. The molecule has 0 unspecified atom stereocenters. The highest BCUT2D eigenvalue weighted by Gasteiger charge is 2.41.